The van der Waals surface area contributed by atoms with E-state index in [1.54, 1.807) is 6.07 Å². The minimum atomic E-state index is 0.100. The van der Waals surface area contributed by atoms with E-state index in [0.29, 0.717) is 5.02 Å². The van der Waals surface area contributed by atoms with Crippen LogP contribution in [-0.2, 0) is 11.2 Å². The molecule has 0 amide bonds. The van der Waals surface area contributed by atoms with E-state index in [2.05, 4.69) is 6.92 Å². The van der Waals surface area contributed by atoms with Gasteiger partial charge in [-0.2, -0.15) is 0 Å². The van der Waals surface area contributed by atoms with Gasteiger partial charge < -0.3 is 4.74 Å². The Balaban J connectivity index is 2.02. The molecule has 1 saturated heterocycles. The van der Waals surface area contributed by atoms with Gasteiger partial charge in [-0.3, -0.25) is 0 Å². The molecule has 1 nitrogen and oxygen atoms in total. The summed E-state index contributed by atoms with van der Waals surface area (Å²) in [6.07, 6.45) is 1.97. The molecule has 76 valence electrons. The third kappa shape index (κ3) is 2.41. The van der Waals surface area contributed by atoms with Crippen molar-refractivity contribution in [2.75, 3.05) is 6.61 Å². The third-order valence-electron chi connectivity index (χ3n) is 2.58. The van der Waals surface area contributed by atoms with E-state index in [1.807, 2.05) is 12.1 Å². The monoisotopic (exact) mass is 230 g/mol. The smallest absolute Gasteiger partial charge is 0.0891 e. The SMILES string of the molecule is CC1(CCc2ccc(Cl)cc2Cl)CO1. The molecule has 1 aliphatic rings. The highest BCUT2D eigenvalue weighted by atomic mass is 35.5. The second-order valence-electron chi connectivity index (χ2n) is 3.97. The van der Waals surface area contributed by atoms with Gasteiger partial charge in [0.1, 0.15) is 0 Å². The molecule has 0 aliphatic carbocycles. The minimum absolute atomic E-state index is 0.100. The predicted octanol–water partition coefficient (Wildman–Crippen LogP) is 3.71. The normalized spacial score (nSPS) is 25.1. The molecular weight excluding hydrogens is 219 g/mol. The molecule has 1 heterocycles. The first-order chi connectivity index (χ1) is 6.59. The lowest BCUT2D eigenvalue weighted by molar-refractivity contribution is 0.309. The fourth-order valence-electron chi connectivity index (χ4n) is 1.39. The van der Waals surface area contributed by atoms with Crippen LogP contribution in [-0.4, -0.2) is 12.2 Å². The molecular formula is C11H12Cl2O. The lowest BCUT2D eigenvalue weighted by Crippen LogP contribution is -2.05. The first-order valence-electron chi connectivity index (χ1n) is 4.67. The van der Waals surface area contributed by atoms with Crippen molar-refractivity contribution in [2.24, 2.45) is 0 Å². The van der Waals surface area contributed by atoms with Gasteiger partial charge in [-0.25, -0.2) is 0 Å². The lowest BCUT2D eigenvalue weighted by Gasteiger charge is -2.06. The molecule has 1 atom stereocenters. The molecule has 1 fully saturated rings. The highest BCUT2D eigenvalue weighted by Gasteiger charge is 2.38. The molecule has 0 N–H and O–H groups in total. The Morgan fingerprint density at radius 2 is 2.14 bits per heavy atom. The summed E-state index contributed by atoms with van der Waals surface area (Å²) in [6, 6.07) is 5.64. The van der Waals surface area contributed by atoms with Crippen molar-refractivity contribution < 1.29 is 4.74 Å². The molecule has 1 aromatic carbocycles. The predicted molar refractivity (Wildman–Crippen MR) is 59.1 cm³/mol. The summed E-state index contributed by atoms with van der Waals surface area (Å²) in [6.45, 7) is 3.00. The van der Waals surface area contributed by atoms with Crippen molar-refractivity contribution in [2.45, 2.75) is 25.4 Å². The molecule has 0 saturated carbocycles. The number of hydrogen-bond acceptors (Lipinski definition) is 1. The van der Waals surface area contributed by atoms with Crippen LogP contribution in [0, 0.1) is 0 Å². The molecule has 1 aromatic rings. The standard InChI is InChI=1S/C11H12Cl2O/c1-11(7-14-11)5-4-8-2-3-9(12)6-10(8)13/h2-3,6H,4-5,7H2,1H3. The van der Waals surface area contributed by atoms with Gasteiger partial charge in [0, 0.05) is 10.0 Å². The summed E-state index contributed by atoms with van der Waals surface area (Å²) in [5.41, 5.74) is 1.25. The van der Waals surface area contributed by atoms with Crippen LogP contribution in [0.15, 0.2) is 18.2 Å². The van der Waals surface area contributed by atoms with Crippen LogP contribution in [0.3, 0.4) is 0 Å². The van der Waals surface area contributed by atoms with Crippen LogP contribution < -0.4 is 0 Å². The van der Waals surface area contributed by atoms with E-state index in [9.17, 15) is 0 Å². The maximum Gasteiger partial charge on any atom is 0.0891 e. The van der Waals surface area contributed by atoms with Gasteiger partial charge in [-0.05, 0) is 37.5 Å². The molecule has 0 radical (unpaired) electrons. The maximum absolute atomic E-state index is 6.05. The fraction of sp³-hybridized carbons (Fsp3) is 0.455. The van der Waals surface area contributed by atoms with Crippen molar-refractivity contribution in [1.29, 1.82) is 0 Å². The summed E-state index contributed by atoms with van der Waals surface area (Å²) in [7, 11) is 0. The van der Waals surface area contributed by atoms with Crippen molar-refractivity contribution >= 4 is 23.2 Å². The van der Waals surface area contributed by atoms with E-state index in [-0.39, 0.29) is 5.60 Å². The van der Waals surface area contributed by atoms with Crippen LogP contribution in [0.25, 0.3) is 0 Å². The van der Waals surface area contributed by atoms with E-state index in [4.69, 9.17) is 27.9 Å². The van der Waals surface area contributed by atoms with Crippen LogP contribution in [0.5, 0.6) is 0 Å². The van der Waals surface area contributed by atoms with Gasteiger partial charge in [0.05, 0.1) is 12.2 Å². The largest absolute Gasteiger partial charge is 0.370 e. The second-order valence-corrected chi connectivity index (χ2v) is 4.82. The fourth-order valence-corrected chi connectivity index (χ4v) is 1.89. The molecule has 1 unspecified atom stereocenters. The van der Waals surface area contributed by atoms with Crippen LogP contribution >= 0.6 is 23.2 Å². The minimum Gasteiger partial charge on any atom is -0.370 e. The first-order valence-corrected chi connectivity index (χ1v) is 5.43. The van der Waals surface area contributed by atoms with Gasteiger partial charge in [0.2, 0.25) is 0 Å². The lowest BCUT2D eigenvalue weighted by atomic mass is 10.0. The van der Waals surface area contributed by atoms with Gasteiger partial charge in [0.15, 0.2) is 0 Å². The molecule has 1 aliphatic heterocycles. The van der Waals surface area contributed by atoms with Crippen molar-refractivity contribution in [3.8, 4) is 0 Å². The van der Waals surface area contributed by atoms with Gasteiger partial charge in [-0.15, -0.1) is 0 Å². The summed E-state index contributed by atoms with van der Waals surface area (Å²) in [5, 5.41) is 1.44. The van der Waals surface area contributed by atoms with Gasteiger partial charge in [-0.1, -0.05) is 29.3 Å². The second kappa shape index (κ2) is 3.73. The number of ether oxygens (including phenoxy) is 1. The number of hydrogen-bond donors (Lipinski definition) is 0. The van der Waals surface area contributed by atoms with E-state index < -0.39 is 0 Å². The van der Waals surface area contributed by atoms with Crippen LogP contribution in [0.2, 0.25) is 10.0 Å². The summed E-state index contributed by atoms with van der Waals surface area (Å²) < 4.78 is 5.31. The average molecular weight is 231 g/mol. The highest BCUT2D eigenvalue weighted by Crippen LogP contribution is 2.32. The topological polar surface area (TPSA) is 12.5 Å². The Kier molecular flexibility index (Phi) is 2.74. The van der Waals surface area contributed by atoms with Crippen LogP contribution in [0.1, 0.15) is 18.9 Å². The zero-order valence-electron chi connectivity index (χ0n) is 8.02. The number of halogens is 2. The Morgan fingerprint density at radius 1 is 1.43 bits per heavy atom. The molecule has 0 aromatic heterocycles. The number of rotatable bonds is 3. The Morgan fingerprint density at radius 3 is 2.71 bits per heavy atom. The third-order valence-corrected chi connectivity index (χ3v) is 3.16. The van der Waals surface area contributed by atoms with E-state index in [0.717, 1.165) is 30.0 Å². The number of aryl methyl sites for hydroxylation is 1. The van der Waals surface area contributed by atoms with Gasteiger partial charge >= 0.3 is 0 Å². The molecule has 14 heavy (non-hydrogen) atoms. The van der Waals surface area contributed by atoms with E-state index >= 15 is 0 Å². The summed E-state index contributed by atoms with van der Waals surface area (Å²) >= 11 is 11.9. The Hall–Kier alpha value is -0.240. The number of benzene rings is 1. The van der Waals surface area contributed by atoms with E-state index in [1.165, 1.54) is 0 Å². The van der Waals surface area contributed by atoms with Crippen molar-refractivity contribution in [3.05, 3.63) is 33.8 Å². The van der Waals surface area contributed by atoms with Crippen molar-refractivity contribution in [1.82, 2.24) is 0 Å². The highest BCUT2D eigenvalue weighted by molar-refractivity contribution is 6.35. The Bertz CT molecular complexity index is 345. The van der Waals surface area contributed by atoms with Gasteiger partial charge in [0.25, 0.3) is 0 Å². The Labute approximate surface area is 94.0 Å². The number of epoxide rings is 1. The van der Waals surface area contributed by atoms with Crippen LogP contribution in [0.4, 0.5) is 0 Å². The zero-order valence-corrected chi connectivity index (χ0v) is 9.53. The summed E-state index contributed by atoms with van der Waals surface area (Å²) in [4.78, 5) is 0. The molecule has 3 heteroatoms. The summed E-state index contributed by atoms with van der Waals surface area (Å²) in [5.74, 6) is 0. The average Bonchev–Trinajstić information content (AvgIpc) is 2.83. The quantitative estimate of drug-likeness (QED) is 0.722. The zero-order chi connectivity index (χ0) is 10.2. The maximum atomic E-state index is 6.05. The molecule has 2 rings (SSSR count). The molecule has 0 bridgehead atoms. The molecule has 0 spiro atoms. The first kappa shape index (κ1) is 10.3. The van der Waals surface area contributed by atoms with Crippen molar-refractivity contribution in [3.63, 3.8) is 0 Å².